The Kier molecular flexibility index (Phi) is 6.23. The van der Waals surface area contributed by atoms with Crippen LogP contribution in [0.4, 0.5) is 13.2 Å². The molecule has 0 radical (unpaired) electrons. The molecule has 2 aromatic rings. The molecule has 1 aliphatic carbocycles. The van der Waals surface area contributed by atoms with Crippen LogP contribution in [0.25, 0.3) is 0 Å². The number of ether oxygens (including phenoxy) is 1. The van der Waals surface area contributed by atoms with E-state index in [2.05, 4.69) is 4.99 Å². The van der Waals surface area contributed by atoms with Crippen LogP contribution in [-0.2, 0) is 27.1 Å². The summed E-state index contributed by atoms with van der Waals surface area (Å²) in [6.45, 7) is 5.45. The van der Waals surface area contributed by atoms with Crippen LogP contribution in [0.5, 0.6) is 0 Å². The average Bonchev–Trinajstić information content (AvgIpc) is 2.75. The monoisotopic (exact) mass is 469 g/mol. The normalized spacial score (nSPS) is 22.2. The molecule has 0 N–H and O–H groups in total. The quantitative estimate of drug-likeness (QED) is 0.496. The van der Waals surface area contributed by atoms with Gasteiger partial charge in [0, 0.05) is 29.3 Å². The molecular weight excluding hydrogens is 443 g/mol. The molecule has 178 valence electrons. The number of ketones is 1. The highest BCUT2D eigenvalue weighted by Gasteiger charge is 2.48. The fraction of sp³-hybridized carbons (Fsp3) is 0.370. The van der Waals surface area contributed by atoms with Gasteiger partial charge >= 0.3 is 12.1 Å². The number of hydrogen-bond donors (Lipinski definition) is 0. The van der Waals surface area contributed by atoms with Gasteiger partial charge in [-0.25, -0.2) is 0 Å². The maximum Gasteiger partial charge on any atom is 0.416 e. The second-order valence-corrected chi connectivity index (χ2v) is 9.69. The van der Waals surface area contributed by atoms with E-state index in [1.54, 1.807) is 31.2 Å². The molecule has 0 amide bonds. The van der Waals surface area contributed by atoms with E-state index < -0.39 is 29.5 Å². The summed E-state index contributed by atoms with van der Waals surface area (Å²) in [5, 5.41) is 0. The molecule has 1 heterocycles. The van der Waals surface area contributed by atoms with Gasteiger partial charge in [-0.05, 0) is 36.0 Å². The van der Waals surface area contributed by atoms with E-state index in [0.29, 0.717) is 17.8 Å². The SMILES string of the molecule is CC1=NC2=C(C(=O)CC(C)(C)C2)[C@@H](c2ccccc2C(F)(F)F)C1C(=O)OCc1ccccc1. The molecule has 0 fully saturated rings. The van der Waals surface area contributed by atoms with Gasteiger partial charge in [0.05, 0.1) is 5.56 Å². The zero-order chi connectivity index (χ0) is 24.7. The number of aliphatic imine (C=N–C) groups is 1. The molecule has 34 heavy (non-hydrogen) atoms. The van der Waals surface area contributed by atoms with Crippen LogP contribution in [0, 0.1) is 11.3 Å². The minimum absolute atomic E-state index is 0.0238. The van der Waals surface area contributed by atoms with E-state index in [0.717, 1.165) is 11.6 Å². The Morgan fingerprint density at radius 2 is 1.71 bits per heavy atom. The Morgan fingerprint density at radius 3 is 2.38 bits per heavy atom. The average molecular weight is 470 g/mol. The number of alkyl halides is 3. The molecule has 2 aliphatic rings. The highest BCUT2D eigenvalue weighted by molar-refractivity contribution is 6.09. The predicted molar refractivity (Wildman–Crippen MR) is 122 cm³/mol. The highest BCUT2D eigenvalue weighted by Crippen LogP contribution is 2.50. The zero-order valence-corrected chi connectivity index (χ0v) is 19.3. The summed E-state index contributed by atoms with van der Waals surface area (Å²) in [5.74, 6) is -3.21. The summed E-state index contributed by atoms with van der Waals surface area (Å²) in [5.41, 5.74) is 0.435. The van der Waals surface area contributed by atoms with Crippen LogP contribution in [0.2, 0.25) is 0 Å². The summed E-state index contributed by atoms with van der Waals surface area (Å²) in [6.07, 6.45) is -4.02. The maximum absolute atomic E-state index is 14.0. The van der Waals surface area contributed by atoms with E-state index in [-0.39, 0.29) is 35.4 Å². The van der Waals surface area contributed by atoms with Gasteiger partial charge in [0.2, 0.25) is 0 Å². The first-order valence-electron chi connectivity index (χ1n) is 11.2. The van der Waals surface area contributed by atoms with Gasteiger partial charge in [0.1, 0.15) is 12.5 Å². The number of benzene rings is 2. The van der Waals surface area contributed by atoms with Gasteiger partial charge < -0.3 is 4.74 Å². The van der Waals surface area contributed by atoms with Gasteiger partial charge in [-0.1, -0.05) is 62.4 Å². The Bertz CT molecular complexity index is 1180. The Hall–Kier alpha value is -3.22. The molecule has 0 bridgehead atoms. The van der Waals surface area contributed by atoms with Gasteiger partial charge in [-0.15, -0.1) is 0 Å². The first-order chi connectivity index (χ1) is 16.0. The third-order valence-corrected chi connectivity index (χ3v) is 6.38. The van der Waals surface area contributed by atoms with E-state index in [1.165, 1.54) is 18.2 Å². The first-order valence-corrected chi connectivity index (χ1v) is 11.2. The fourth-order valence-electron chi connectivity index (χ4n) is 4.93. The van der Waals surface area contributed by atoms with Crippen molar-refractivity contribution < 1.29 is 27.5 Å². The van der Waals surface area contributed by atoms with Crippen molar-refractivity contribution in [1.82, 2.24) is 0 Å². The van der Waals surface area contributed by atoms with Gasteiger partial charge in [0.25, 0.3) is 0 Å². The molecular formula is C27H26F3NO3. The van der Waals surface area contributed by atoms with Crippen molar-refractivity contribution in [3.8, 4) is 0 Å². The molecule has 0 saturated carbocycles. The number of carbonyl (C=O) groups excluding carboxylic acids is 2. The molecule has 1 aliphatic heterocycles. The molecule has 4 nitrogen and oxygen atoms in total. The number of halogens is 3. The molecule has 7 heteroatoms. The Morgan fingerprint density at radius 1 is 1.06 bits per heavy atom. The lowest BCUT2D eigenvalue weighted by molar-refractivity contribution is -0.148. The lowest BCUT2D eigenvalue weighted by Crippen LogP contribution is -2.40. The van der Waals surface area contributed by atoms with Crippen molar-refractivity contribution in [3.05, 3.63) is 82.6 Å². The Labute approximate surface area is 196 Å². The number of rotatable bonds is 4. The highest BCUT2D eigenvalue weighted by atomic mass is 19.4. The van der Waals surface area contributed by atoms with E-state index in [4.69, 9.17) is 4.74 Å². The minimum Gasteiger partial charge on any atom is -0.460 e. The predicted octanol–water partition coefficient (Wildman–Crippen LogP) is 6.27. The Balaban J connectivity index is 1.81. The summed E-state index contributed by atoms with van der Waals surface area (Å²) in [7, 11) is 0. The number of Topliss-reactive ketones (excluding diaryl/α,β-unsaturated/α-hetero) is 1. The van der Waals surface area contributed by atoms with Crippen LogP contribution >= 0.6 is 0 Å². The summed E-state index contributed by atoms with van der Waals surface area (Å²) in [4.78, 5) is 31.2. The van der Waals surface area contributed by atoms with Crippen molar-refractivity contribution in [2.75, 3.05) is 0 Å². The summed E-state index contributed by atoms with van der Waals surface area (Å²) in [6, 6.07) is 14.2. The van der Waals surface area contributed by atoms with E-state index in [1.807, 2.05) is 19.9 Å². The second-order valence-electron chi connectivity index (χ2n) is 9.69. The fourth-order valence-corrected chi connectivity index (χ4v) is 4.93. The summed E-state index contributed by atoms with van der Waals surface area (Å²) >= 11 is 0. The van der Waals surface area contributed by atoms with Crippen molar-refractivity contribution in [2.45, 2.75) is 52.3 Å². The van der Waals surface area contributed by atoms with Gasteiger partial charge in [0.15, 0.2) is 5.78 Å². The van der Waals surface area contributed by atoms with Crippen LogP contribution in [0.1, 0.15) is 56.2 Å². The molecule has 0 saturated heterocycles. The van der Waals surface area contributed by atoms with Crippen LogP contribution in [0.3, 0.4) is 0 Å². The third kappa shape index (κ3) is 4.69. The molecule has 2 atom stereocenters. The van der Waals surface area contributed by atoms with E-state index in [9.17, 15) is 22.8 Å². The molecule has 0 aromatic heterocycles. The van der Waals surface area contributed by atoms with E-state index >= 15 is 0 Å². The number of hydrogen-bond acceptors (Lipinski definition) is 4. The minimum atomic E-state index is -4.64. The van der Waals surface area contributed by atoms with Crippen molar-refractivity contribution in [2.24, 2.45) is 16.3 Å². The number of esters is 1. The molecule has 2 aromatic carbocycles. The third-order valence-electron chi connectivity index (χ3n) is 6.38. The number of allylic oxidation sites excluding steroid dienone is 2. The zero-order valence-electron chi connectivity index (χ0n) is 19.3. The lowest BCUT2D eigenvalue weighted by Gasteiger charge is -2.39. The number of carbonyl (C=O) groups is 2. The van der Waals surface area contributed by atoms with Crippen LogP contribution in [-0.4, -0.2) is 17.5 Å². The lowest BCUT2D eigenvalue weighted by atomic mass is 9.66. The van der Waals surface area contributed by atoms with Crippen molar-refractivity contribution in [3.63, 3.8) is 0 Å². The smallest absolute Gasteiger partial charge is 0.416 e. The molecule has 0 spiro atoms. The van der Waals surface area contributed by atoms with Gasteiger partial charge in [-0.2, -0.15) is 13.2 Å². The van der Waals surface area contributed by atoms with Crippen LogP contribution in [0.15, 0.2) is 70.9 Å². The van der Waals surface area contributed by atoms with Crippen molar-refractivity contribution in [1.29, 1.82) is 0 Å². The second kappa shape index (κ2) is 8.85. The standard InChI is InChI=1S/C27H26F3NO3/c1-16-22(25(33)34-15-17-9-5-4-6-10-17)23(18-11-7-8-12-19(18)27(28,29)30)24-20(31-16)13-26(2,3)14-21(24)32/h4-12,22-23H,13-15H2,1-3H3/t22?,23-/m0/s1. The van der Waals surface area contributed by atoms with Gasteiger partial charge in [-0.3, -0.25) is 14.6 Å². The van der Waals surface area contributed by atoms with Crippen LogP contribution < -0.4 is 0 Å². The first kappa shape index (κ1) is 23.9. The summed E-state index contributed by atoms with van der Waals surface area (Å²) < 4.78 is 47.5. The molecule has 1 unspecified atom stereocenters. The topological polar surface area (TPSA) is 55.7 Å². The largest absolute Gasteiger partial charge is 0.460 e. The maximum atomic E-state index is 14.0. The molecule has 4 rings (SSSR count). The van der Waals surface area contributed by atoms with Crippen molar-refractivity contribution >= 4 is 17.5 Å². The number of nitrogens with zero attached hydrogens (tertiary/aromatic N) is 1.